The average molecular weight is 322 g/mol. The molecular weight excluding hydrogens is 288 g/mol. The molecule has 0 aromatic carbocycles. The SMILES string of the molecule is CC[C@H]1C[C@@H](C)[C@](O)(/C=C/C(C)=C/[C@H](C)[C@H](O)CC)[C@H](C)C1=O. The van der Waals surface area contributed by atoms with Crippen LogP contribution in [0.5, 0.6) is 0 Å². The van der Waals surface area contributed by atoms with Crippen molar-refractivity contribution in [1.29, 1.82) is 0 Å². The van der Waals surface area contributed by atoms with Crippen molar-refractivity contribution in [2.75, 3.05) is 0 Å². The number of carbonyl (C=O) groups excluding carboxylic acids is 1. The Morgan fingerprint density at radius 1 is 1.39 bits per heavy atom. The van der Waals surface area contributed by atoms with E-state index >= 15 is 0 Å². The molecule has 6 atom stereocenters. The predicted molar refractivity (Wildman–Crippen MR) is 95.0 cm³/mol. The topological polar surface area (TPSA) is 57.5 Å². The molecule has 0 saturated heterocycles. The second-order valence-electron chi connectivity index (χ2n) is 7.33. The number of ketones is 1. The molecule has 0 heterocycles. The Kier molecular flexibility index (Phi) is 7.22. The summed E-state index contributed by atoms with van der Waals surface area (Å²) in [6.45, 7) is 11.8. The van der Waals surface area contributed by atoms with Crippen molar-refractivity contribution in [3.8, 4) is 0 Å². The van der Waals surface area contributed by atoms with Crippen LogP contribution in [-0.2, 0) is 4.79 Å². The molecule has 0 amide bonds. The van der Waals surface area contributed by atoms with Gasteiger partial charge in [0.25, 0.3) is 0 Å². The minimum atomic E-state index is -1.08. The molecule has 3 heteroatoms. The Bertz CT molecular complexity index is 466. The van der Waals surface area contributed by atoms with Gasteiger partial charge in [-0.1, -0.05) is 58.4 Å². The van der Waals surface area contributed by atoms with E-state index in [-0.39, 0.29) is 35.6 Å². The summed E-state index contributed by atoms with van der Waals surface area (Å²) in [4.78, 5) is 12.4. The first kappa shape index (κ1) is 20.1. The van der Waals surface area contributed by atoms with E-state index < -0.39 is 5.60 Å². The summed E-state index contributed by atoms with van der Waals surface area (Å²) in [7, 11) is 0. The van der Waals surface area contributed by atoms with Crippen LogP contribution < -0.4 is 0 Å². The normalized spacial score (nSPS) is 35.6. The summed E-state index contributed by atoms with van der Waals surface area (Å²) in [5.41, 5.74) is -0.0762. The van der Waals surface area contributed by atoms with Crippen LogP contribution in [0.25, 0.3) is 0 Å². The number of aliphatic hydroxyl groups excluding tert-OH is 1. The lowest BCUT2D eigenvalue weighted by atomic mass is 9.64. The number of aliphatic hydroxyl groups is 2. The number of hydrogen-bond donors (Lipinski definition) is 2. The lowest BCUT2D eigenvalue weighted by Crippen LogP contribution is -2.51. The molecule has 0 aromatic heterocycles. The smallest absolute Gasteiger partial charge is 0.141 e. The summed E-state index contributed by atoms with van der Waals surface area (Å²) < 4.78 is 0. The van der Waals surface area contributed by atoms with Gasteiger partial charge < -0.3 is 10.2 Å². The minimum Gasteiger partial charge on any atom is -0.393 e. The van der Waals surface area contributed by atoms with E-state index in [1.807, 2.05) is 53.7 Å². The second-order valence-corrected chi connectivity index (χ2v) is 7.33. The van der Waals surface area contributed by atoms with Gasteiger partial charge in [-0.3, -0.25) is 4.79 Å². The molecule has 3 nitrogen and oxygen atoms in total. The van der Waals surface area contributed by atoms with Crippen molar-refractivity contribution < 1.29 is 15.0 Å². The molecule has 0 radical (unpaired) electrons. The number of Topliss-reactive ketones (excluding diaryl/α,β-unsaturated/α-hetero) is 1. The van der Waals surface area contributed by atoms with Crippen LogP contribution in [0.4, 0.5) is 0 Å². The largest absolute Gasteiger partial charge is 0.393 e. The fraction of sp³-hybridized carbons (Fsp3) is 0.750. The molecule has 23 heavy (non-hydrogen) atoms. The van der Waals surface area contributed by atoms with Gasteiger partial charge in [-0.05, 0) is 32.1 Å². The average Bonchev–Trinajstić information content (AvgIpc) is 2.53. The Balaban J connectivity index is 2.92. The zero-order valence-electron chi connectivity index (χ0n) is 15.5. The van der Waals surface area contributed by atoms with Crippen LogP contribution in [0.1, 0.15) is 60.8 Å². The Labute approximate surface area is 141 Å². The third-order valence-corrected chi connectivity index (χ3v) is 5.61. The molecule has 0 spiro atoms. The summed E-state index contributed by atoms with van der Waals surface area (Å²) in [6, 6.07) is 0. The predicted octanol–water partition coefficient (Wildman–Crippen LogP) is 3.90. The van der Waals surface area contributed by atoms with E-state index in [0.29, 0.717) is 0 Å². The van der Waals surface area contributed by atoms with Crippen molar-refractivity contribution >= 4 is 5.78 Å². The van der Waals surface area contributed by atoms with E-state index in [9.17, 15) is 15.0 Å². The van der Waals surface area contributed by atoms with Gasteiger partial charge in [0, 0.05) is 17.8 Å². The molecule has 0 aliphatic heterocycles. The lowest BCUT2D eigenvalue weighted by Gasteiger charge is -2.43. The third-order valence-electron chi connectivity index (χ3n) is 5.61. The van der Waals surface area contributed by atoms with Crippen molar-refractivity contribution in [2.45, 2.75) is 72.5 Å². The first-order chi connectivity index (χ1) is 10.7. The second kappa shape index (κ2) is 8.25. The first-order valence-electron chi connectivity index (χ1n) is 8.99. The molecule has 132 valence electrons. The number of rotatable bonds is 6. The molecule has 1 saturated carbocycles. The molecular formula is C20H34O3. The van der Waals surface area contributed by atoms with Crippen LogP contribution in [0.2, 0.25) is 0 Å². The zero-order chi connectivity index (χ0) is 17.8. The van der Waals surface area contributed by atoms with Crippen molar-refractivity contribution in [1.82, 2.24) is 0 Å². The van der Waals surface area contributed by atoms with Crippen molar-refractivity contribution in [3.63, 3.8) is 0 Å². The Hall–Kier alpha value is -0.930. The monoisotopic (exact) mass is 322 g/mol. The summed E-state index contributed by atoms with van der Waals surface area (Å²) in [5.74, 6) is 0.00699. The first-order valence-corrected chi connectivity index (χ1v) is 8.99. The van der Waals surface area contributed by atoms with E-state index in [1.54, 1.807) is 6.08 Å². The summed E-state index contributed by atoms with van der Waals surface area (Å²) in [5, 5.41) is 20.9. The molecule has 0 unspecified atom stereocenters. The quantitative estimate of drug-likeness (QED) is 0.729. The summed E-state index contributed by atoms with van der Waals surface area (Å²) >= 11 is 0. The van der Waals surface area contributed by atoms with E-state index in [0.717, 1.165) is 24.8 Å². The highest BCUT2D eigenvalue weighted by Crippen LogP contribution is 2.41. The van der Waals surface area contributed by atoms with Gasteiger partial charge in [0.2, 0.25) is 0 Å². The Morgan fingerprint density at radius 3 is 2.52 bits per heavy atom. The van der Waals surface area contributed by atoms with Crippen molar-refractivity contribution in [3.05, 3.63) is 23.8 Å². The van der Waals surface area contributed by atoms with Gasteiger partial charge in [0.05, 0.1) is 11.7 Å². The molecule has 1 rings (SSSR count). The maximum absolute atomic E-state index is 12.4. The van der Waals surface area contributed by atoms with Crippen LogP contribution in [0, 0.1) is 23.7 Å². The fourth-order valence-electron chi connectivity index (χ4n) is 3.63. The van der Waals surface area contributed by atoms with Crippen LogP contribution in [-0.4, -0.2) is 27.7 Å². The van der Waals surface area contributed by atoms with Gasteiger partial charge in [0.15, 0.2) is 0 Å². The lowest BCUT2D eigenvalue weighted by molar-refractivity contribution is -0.143. The van der Waals surface area contributed by atoms with Gasteiger partial charge in [-0.15, -0.1) is 0 Å². The molecule has 1 fully saturated rings. The van der Waals surface area contributed by atoms with Crippen molar-refractivity contribution in [2.24, 2.45) is 23.7 Å². The minimum absolute atomic E-state index is 0.0582. The van der Waals surface area contributed by atoms with Gasteiger partial charge >= 0.3 is 0 Å². The molecule has 0 aromatic rings. The molecule has 1 aliphatic rings. The number of carbonyl (C=O) groups is 1. The van der Waals surface area contributed by atoms with Gasteiger partial charge in [-0.2, -0.15) is 0 Å². The maximum Gasteiger partial charge on any atom is 0.141 e. The molecule has 1 aliphatic carbocycles. The number of allylic oxidation sites excluding steroid dienone is 2. The fourth-order valence-corrected chi connectivity index (χ4v) is 3.63. The van der Waals surface area contributed by atoms with E-state index in [4.69, 9.17) is 0 Å². The van der Waals surface area contributed by atoms with E-state index in [1.165, 1.54) is 0 Å². The van der Waals surface area contributed by atoms with Gasteiger partial charge in [-0.25, -0.2) is 0 Å². The third kappa shape index (κ3) is 4.54. The highest BCUT2D eigenvalue weighted by Gasteiger charge is 2.47. The molecule has 2 N–H and O–H groups in total. The number of hydrogen-bond acceptors (Lipinski definition) is 3. The van der Waals surface area contributed by atoms with Crippen LogP contribution in [0.15, 0.2) is 23.8 Å². The van der Waals surface area contributed by atoms with Crippen LogP contribution >= 0.6 is 0 Å². The summed E-state index contributed by atoms with van der Waals surface area (Å²) in [6.07, 6.45) is 7.67. The highest BCUT2D eigenvalue weighted by molar-refractivity contribution is 5.85. The highest BCUT2D eigenvalue weighted by atomic mass is 16.3. The molecule has 0 bridgehead atoms. The standard InChI is InChI=1S/C20H34O3/c1-7-17-12-15(5)20(23,16(6)19(17)22)10-9-13(3)11-14(4)18(21)8-2/h9-11,14-18,21,23H,7-8,12H2,1-6H3/b10-9+,13-11+/t14-,15+,16+,17-,18+,20+/m0/s1. The Morgan fingerprint density at radius 2 is 2.00 bits per heavy atom. The van der Waals surface area contributed by atoms with Crippen LogP contribution in [0.3, 0.4) is 0 Å². The zero-order valence-corrected chi connectivity index (χ0v) is 15.5. The van der Waals surface area contributed by atoms with Gasteiger partial charge in [0.1, 0.15) is 5.78 Å². The van der Waals surface area contributed by atoms with E-state index in [2.05, 4.69) is 0 Å². The maximum atomic E-state index is 12.4.